The standard InChI is InChI=1S/C17H15FN2/c1-11-6-7-12-14(8-11)17(9-19)20-10-15(12)13-4-2-3-5-16(13)18/h2-8,10H,9,19H2,1H3. The van der Waals surface area contributed by atoms with E-state index in [2.05, 4.69) is 11.1 Å². The SMILES string of the molecule is Cc1ccc2c(-c3ccccc3F)cnc(CN)c2c1. The van der Waals surface area contributed by atoms with Crippen molar-refractivity contribution in [1.82, 2.24) is 4.98 Å². The molecule has 3 aromatic rings. The van der Waals surface area contributed by atoms with Crippen molar-refractivity contribution < 1.29 is 4.39 Å². The van der Waals surface area contributed by atoms with Gasteiger partial charge in [0.1, 0.15) is 5.82 Å². The van der Waals surface area contributed by atoms with Gasteiger partial charge in [-0.25, -0.2) is 4.39 Å². The quantitative estimate of drug-likeness (QED) is 0.766. The highest BCUT2D eigenvalue weighted by atomic mass is 19.1. The molecule has 1 aromatic heterocycles. The minimum Gasteiger partial charge on any atom is -0.325 e. The van der Waals surface area contributed by atoms with E-state index in [9.17, 15) is 4.39 Å². The molecule has 0 fully saturated rings. The predicted octanol–water partition coefficient (Wildman–Crippen LogP) is 3.81. The topological polar surface area (TPSA) is 38.9 Å². The number of hydrogen-bond acceptors (Lipinski definition) is 2. The fourth-order valence-electron chi connectivity index (χ4n) is 2.47. The molecule has 0 saturated heterocycles. The zero-order valence-electron chi connectivity index (χ0n) is 11.2. The molecule has 0 bridgehead atoms. The molecule has 0 aliphatic rings. The number of hydrogen-bond donors (Lipinski definition) is 1. The minimum absolute atomic E-state index is 0.239. The molecule has 2 N–H and O–H groups in total. The van der Waals surface area contributed by atoms with Crippen LogP contribution in [0.5, 0.6) is 0 Å². The Morgan fingerprint density at radius 2 is 1.85 bits per heavy atom. The molecule has 2 nitrogen and oxygen atoms in total. The minimum atomic E-state index is -0.239. The van der Waals surface area contributed by atoms with Gasteiger partial charge in [0.2, 0.25) is 0 Å². The molecule has 0 saturated carbocycles. The molecule has 0 amide bonds. The highest BCUT2D eigenvalue weighted by Gasteiger charge is 2.11. The first-order valence-electron chi connectivity index (χ1n) is 6.54. The zero-order valence-corrected chi connectivity index (χ0v) is 11.2. The van der Waals surface area contributed by atoms with Crippen molar-refractivity contribution in [3.63, 3.8) is 0 Å². The van der Waals surface area contributed by atoms with Gasteiger partial charge in [-0.1, -0.05) is 35.9 Å². The molecule has 0 unspecified atom stereocenters. The maximum atomic E-state index is 14.0. The lowest BCUT2D eigenvalue weighted by molar-refractivity contribution is 0.631. The van der Waals surface area contributed by atoms with Crippen molar-refractivity contribution in [3.8, 4) is 11.1 Å². The van der Waals surface area contributed by atoms with Crippen LogP contribution in [0.2, 0.25) is 0 Å². The van der Waals surface area contributed by atoms with Crippen molar-refractivity contribution in [3.05, 3.63) is 65.7 Å². The second-order valence-corrected chi connectivity index (χ2v) is 4.85. The summed E-state index contributed by atoms with van der Waals surface area (Å²) in [7, 11) is 0. The van der Waals surface area contributed by atoms with E-state index < -0.39 is 0 Å². The molecule has 3 heteroatoms. The maximum Gasteiger partial charge on any atom is 0.131 e. The van der Waals surface area contributed by atoms with Crippen molar-refractivity contribution in [2.45, 2.75) is 13.5 Å². The van der Waals surface area contributed by atoms with Crippen molar-refractivity contribution in [1.29, 1.82) is 0 Å². The van der Waals surface area contributed by atoms with Crippen LogP contribution < -0.4 is 5.73 Å². The lowest BCUT2D eigenvalue weighted by Gasteiger charge is -2.11. The van der Waals surface area contributed by atoms with Gasteiger partial charge in [0, 0.05) is 29.3 Å². The van der Waals surface area contributed by atoms with Crippen molar-refractivity contribution in [2.24, 2.45) is 5.73 Å². The van der Waals surface area contributed by atoms with Crippen molar-refractivity contribution >= 4 is 10.8 Å². The van der Waals surface area contributed by atoms with Gasteiger partial charge < -0.3 is 5.73 Å². The summed E-state index contributed by atoms with van der Waals surface area (Å²) >= 11 is 0. The van der Waals surface area contributed by atoms with E-state index in [0.29, 0.717) is 12.1 Å². The van der Waals surface area contributed by atoms with Crippen LogP contribution in [0.4, 0.5) is 4.39 Å². The van der Waals surface area contributed by atoms with Crippen LogP contribution >= 0.6 is 0 Å². The Hall–Kier alpha value is -2.26. The van der Waals surface area contributed by atoms with E-state index in [1.165, 1.54) is 6.07 Å². The van der Waals surface area contributed by atoms with E-state index in [4.69, 9.17) is 5.73 Å². The third kappa shape index (κ3) is 2.06. The third-order valence-electron chi connectivity index (χ3n) is 3.48. The monoisotopic (exact) mass is 266 g/mol. The third-order valence-corrected chi connectivity index (χ3v) is 3.48. The Morgan fingerprint density at radius 3 is 2.60 bits per heavy atom. The van der Waals surface area contributed by atoms with Crippen LogP contribution in [0.1, 0.15) is 11.3 Å². The van der Waals surface area contributed by atoms with Crippen LogP contribution in [-0.2, 0) is 6.54 Å². The molecule has 0 aliphatic heterocycles. The fraction of sp³-hybridized carbons (Fsp3) is 0.118. The van der Waals surface area contributed by atoms with Crippen molar-refractivity contribution in [2.75, 3.05) is 0 Å². The Labute approximate surface area is 117 Å². The number of halogens is 1. The molecule has 1 heterocycles. The van der Waals surface area contributed by atoms with Gasteiger partial charge >= 0.3 is 0 Å². The van der Waals surface area contributed by atoms with Crippen LogP contribution in [0, 0.1) is 12.7 Å². The van der Waals surface area contributed by atoms with Gasteiger partial charge in [-0.3, -0.25) is 4.98 Å². The molecule has 0 aliphatic carbocycles. The number of pyridine rings is 1. The Bertz CT molecular complexity index is 781. The molecular formula is C17H15FN2. The molecular weight excluding hydrogens is 251 g/mol. The number of nitrogens with two attached hydrogens (primary N) is 1. The second kappa shape index (κ2) is 5.02. The summed E-state index contributed by atoms with van der Waals surface area (Å²) < 4.78 is 14.0. The highest BCUT2D eigenvalue weighted by Crippen LogP contribution is 2.31. The smallest absolute Gasteiger partial charge is 0.131 e. The lowest BCUT2D eigenvalue weighted by Crippen LogP contribution is -2.01. The number of fused-ring (bicyclic) bond motifs is 1. The molecule has 0 radical (unpaired) electrons. The van der Waals surface area contributed by atoms with Crippen LogP contribution in [-0.4, -0.2) is 4.98 Å². The van der Waals surface area contributed by atoms with E-state index in [0.717, 1.165) is 27.6 Å². The molecule has 0 spiro atoms. The van der Waals surface area contributed by atoms with E-state index in [1.807, 2.05) is 25.1 Å². The van der Waals surface area contributed by atoms with Crippen LogP contribution in [0.15, 0.2) is 48.7 Å². The number of aromatic nitrogens is 1. The number of nitrogens with zero attached hydrogens (tertiary/aromatic N) is 1. The first-order valence-corrected chi connectivity index (χ1v) is 6.54. The van der Waals surface area contributed by atoms with Gasteiger partial charge in [0.05, 0.1) is 5.69 Å². The van der Waals surface area contributed by atoms with Gasteiger partial charge in [-0.05, 0) is 24.4 Å². The Kier molecular flexibility index (Phi) is 3.20. The van der Waals surface area contributed by atoms with Crippen LogP contribution in [0.3, 0.4) is 0 Å². The lowest BCUT2D eigenvalue weighted by atomic mass is 9.97. The first-order chi connectivity index (χ1) is 9.70. The average molecular weight is 266 g/mol. The summed E-state index contributed by atoms with van der Waals surface area (Å²) in [4.78, 5) is 4.39. The predicted molar refractivity (Wildman–Crippen MR) is 79.8 cm³/mol. The fourth-order valence-corrected chi connectivity index (χ4v) is 2.47. The summed E-state index contributed by atoms with van der Waals surface area (Å²) in [5.74, 6) is -0.239. The number of rotatable bonds is 2. The average Bonchev–Trinajstić information content (AvgIpc) is 2.46. The van der Waals surface area contributed by atoms with E-state index in [-0.39, 0.29) is 5.82 Å². The Balaban J connectivity index is 2.36. The van der Waals surface area contributed by atoms with E-state index in [1.54, 1.807) is 18.3 Å². The molecule has 100 valence electrons. The van der Waals surface area contributed by atoms with Gasteiger partial charge in [-0.2, -0.15) is 0 Å². The summed E-state index contributed by atoms with van der Waals surface area (Å²) in [6.07, 6.45) is 1.71. The molecule has 20 heavy (non-hydrogen) atoms. The largest absolute Gasteiger partial charge is 0.325 e. The van der Waals surface area contributed by atoms with E-state index >= 15 is 0 Å². The summed E-state index contributed by atoms with van der Waals surface area (Å²) in [6, 6.07) is 12.8. The van der Waals surface area contributed by atoms with Gasteiger partial charge in [0.15, 0.2) is 0 Å². The normalized spacial score (nSPS) is 10.9. The molecule has 3 rings (SSSR count). The highest BCUT2D eigenvalue weighted by molar-refractivity contribution is 5.97. The number of aryl methyl sites for hydroxylation is 1. The van der Waals surface area contributed by atoms with Gasteiger partial charge in [0.25, 0.3) is 0 Å². The number of benzene rings is 2. The second-order valence-electron chi connectivity index (χ2n) is 4.85. The Morgan fingerprint density at radius 1 is 1.05 bits per heavy atom. The summed E-state index contributed by atoms with van der Waals surface area (Å²) in [5.41, 5.74) is 9.09. The first kappa shape index (κ1) is 12.8. The zero-order chi connectivity index (χ0) is 14.1. The summed E-state index contributed by atoms with van der Waals surface area (Å²) in [6.45, 7) is 2.40. The molecule has 0 atom stereocenters. The van der Waals surface area contributed by atoms with Crippen LogP contribution in [0.25, 0.3) is 21.9 Å². The molecule has 2 aromatic carbocycles. The van der Waals surface area contributed by atoms with Gasteiger partial charge in [-0.15, -0.1) is 0 Å². The summed E-state index contributed by atoms with van der Waals surface area (Å²) in [5, 5.41) is 1.98. The maximum absolute atomic E-state index is 14.0.